The van der Waals surface area contributed by atoms with E-state index in [0.29, 0.717) is 37.8 Å². The fraction of sp³-hybridized carbons (Fsp3) is 0.625. The summed E-state index contributed by atoms with van der Waals surface area (Å²) < 4.78 is 33.2. The van der Waals surface area contributed by atoms with Crippen molar-refractivity contribution in [1.29, 1.82) is 0 Å². The van der Waals surface area contributed by atoms with Crippen LogP contribution in [0.2, 0.25) is 0 Å². The van der Waals surface area contributed by atoms with Crippen LogP contribution in [0.25, 0.3) is 0 Å². The molecule has 10 nitrogen and oxygen atoms in total. The Morgan fingerprint density at radius 1 is 1.37 bits per heavy atom. The second-order valence-corrected chi connectivity index (χ2v) is 9.11. The van der Waals surface area contributed by atoms with Crippen LogP contribution in [0.5, 0.6) is 0 Å². The number of nitrogens with zero attached hydrogens (tertiary/aromatic N) is 6. The number of hydrogen-bond acceptors (Lipinski definition) is 7. The fourth-order valence-corrected chi connectivity index (χ4v) is 4.50. The standard InChI is InChI=1S/C16H22N6O4S/c1-20-9-14(17-10-20)27(24,25)22-7-12(8-22)15-18-13(19-26-15)5-6-21(2)16(23)11-3-4-11/h9-12H,3-8H2,1-2H3. The molecule has 2 aromatic heterocycles. The van der Waals surface area contributed by atoms with Gasteiger partial charge in [-0.15, -0.1) is 0 Å². The molecule has 2 aliphatic rings. The summed E-state index contributed by atoms with van der Waals surface area (Å²) in [5.74, 6) is 1.22. The number of carbonyl (C=O) groups excluding carboxylic acids is 1. The molecule has 1 aliphatic carbocycles. The van der Waals surface area contributed by atoms with Gasteiger partial charge in [0.1, 0.15) is 0 Å². The molecule has 0 aromatic carbocycles. The summed E-state index contributed by atoms with van der Waals surface area (Å²) in [7, 11) is -0.0730. The van der Waals surface area contributed by atoms with Gasteiger partial charge in [-0.3, -0.25) is 4.79 Å². The lowest BCUT2D eigenvalue weighted by atomic mass is 10.0. The topological polar surface area (TPSA) is 114 Å². The third kappa shape index (κ3) is 3.61. The smallest absolute Gasteiger partial charge is 0.262 e. The molecule has 1 amide bonds. The molecule has 0 atom stereocenters. The number of aromatic nitrogens is 4. The molecule has 0 spiro atoms. The molecular weight excluding hydrogens is 372 g/mol. The highest BCUT2D eigenvalue weighted by Gasteiger charge is 2.41. The van der Waals surface area contributed by atoms with E-state index in [4.69, 9.17) is 4.52 Å². The summed E-state index contributed by atoms with van der Waals surface area (Å²) in [6.07, 6.45) is 5.41. The zero-order chi connectivity index (χ0) is 19.2. The lowest BCUT2D eigenvalue weighted by Crippen LogP contribution is -2.48. The number of imidazole rings is 1. The number of carbonyl (C=O) groups is 1. The van der Waals surface area contributed by atoms with Crippen LogP contribution in [-0.2, 0) is 28.3 Å². The maximum absolute atomic E-state index is 12.5. The van der Waals surface area contributed by atoms with E-state index in [0.717, 1.165) is 12.8 Å². The molecule has 1 saturated carbocycles. The largest absolute Gasteiger partial charge is 0.345 e. The van der Waals surface area contributed by atoms with Crippen molar-refractivity contribution in [2.24, 2.45) is 13.0 Å². The molecule has 1 saturated heterocycles. The minimum atomic E-state index is -3.58. The summed E-state index contributed by atoms with van der Waals surface area (Å²) in [6, 6.07) is 0. The Hall–Kier alpha value is -2.27. The number of aryl methyl sites for hydroxylation is 1. The van der Waals surface area contributed by atoms with Gasteiger partial charge in [-0.1, -0.05) is 5.16 Å². The molecule has 4 rings (SSSR count). The van der Waals surface area contributed by atoms with Crippen molar-refractivity contribution in [3.05, 3.63) is 24.2 Å². The van der Waals surface area contributed by atoms with Crippen LogP contribution in [0.15, 0.2) is 22.1 Å². The summed E-state index contributed by atoms with van der Waals surface area (Å²) in [5.41, 5.74) is 0. The Morgan fingerprint density at radius 2 is 2.11 bits per heavy atom. The molecule has 0 radical (unpaired) electrons. The van der Waals surface area contributed by atoms with E-state index in [2.05, 4.69) is 15.1 Å². The Kier molecular flexibility index (Phi) is 4.50. The predicted molar refractivity (Wildman–Crippen MR) is 93.1 cm³/mol. The summed E-state index contributed by atoms with van der Waals surface area (Å²) in [4.78, 5) is 21.9. The summed E-state index contributed by atoms with van der Waals surface area (Å²) in [6.45, 7) is 1.13. The lowest BCUT2D eigenvalue weighted by Gasteiger charge is -2.35. The predicted octanol–water partition coefficient (Wildman–Crippen LogP) is 0.00210. The van der Waals surface area contributed by atoms with Crippen molar-refractivity contribution in [1.82, 2.24) is 28.9 Å². The van der Waals surface area contributed by atoms with Crippen molar-refractivity contribution in [2.75, 3.05) is 26.7 Å². The number of sulfonamides is 1. The monoisotopic (exact) mass is 394 g/mol. The first-order valence-corrected chi connectivity index (χ1v) is 10.3. The third-order valence-corrected chi connectivity index (χ3v) is 6.66. The quantitative estimate of drug-likeness (QED) is 0.649. The van der Waals surface area contributed by atoms with Crippen molar-refractivity contribution < 1.29 is 17.7 Å². The van der Waals surface area contributed by atoms with E-state index in [1.165, 1.54) is 16.8 Å². The molecular formula is C16H22N6O4S. The SMILES string of the molecule is CN(CCc1noc(C2CN(S(=O)(=O)c3cn(C)cn3)C2)n1)C(=O)C1CC1. The van der Waals surface area contributed by atoms with E-state index in [1.54, 1.807) is 23.6 Å². The van der Waals surface area contributed by atoms with Crippen LogP contribution >= 0.6 is 0 Å². The van der Waals surface area contributed by atoms with Gasteiger partial charge in [-0.05, 0) is 12.8 Å². The molecule has 2 fully saturated rings. The van der Waals surface area contributed by atoms with Gasteiger partial charge in [0.05, 0.1) is 12.2 Å². The van der Waals surface area contributed by atoms with E-state index in [1.807, 2.05) is 0 Å². The van der Waals surface area contributed by atoms with Crippen LogP contribution in [0, 0.1) is 5.92 Å². The maximum Gasteiger partial charge on any atom is 0.262 e. The first-order chi connectivity index (χ1) is 12.8. The number of amides is 1. The summed E-state index contributed by atoms with van der Waals surface area (Å²) >= 11 is 0. The molecule has 146 valence electrons. The van der Waals surface area contributed by atoms with E-state index in [9.17, 15) is 13.2 Å². The average Bonchev–Trinajstić information content (AvgIpc) is 3.17. The first-order valence-electron chi connectivity index (χ1n) is 8.90. The van der Waals surface area contributed by atoms with Crippen LogP contribution in [0.4, 0.5) is 0 Å². The first kappa shape index (κ1) is 18.1. The molecule has 0 N–H and O–H groups in total. The Bertz CT molecular complexity index is 942. The molecule has 2 aromatic rings. The Morgan fingerprint density at radius 3 is 2.74 bits per heavy atom. The third-order valence-electron chi connectivity index (χ3n) is 4.94. The lowest BCUT2D eigenvalue weighted by molar-refractivity contribution is -0.131. The zero-order valence-electron chi connectivity index (χ0n) is 15.3. The van der Waals surface area contributed by atoms with Crippen LogP contribution in [0.3, 0.4) is 0 Å². The Balaban J connectivity index is 1.30. The number of hydrogen-bond donors (Lipinski definition) is 0. The van der Waals surface area contributed by atoms with Gasteiger partial charge in [0.15, 0.2) is 10.9 Å². The second kappa shape index (κ2) is 6.71. The van der Waals surface area contributed by atoms with Crippen molar-refractivity contribution in [2.45, 2.75) is 30.2 Å². The van der Waals surface area contributed by atoms with Crippen molar-refractivity contribution >= 4 is 15.9 Å². The van der Waals surface area contributed by atoms with Crippen LogP contribution < -0.4 is 0 Å². The van der Waals surface area contributed by atoms with Gasteiger partial charge in [-0.25, -0.2) is 13.4 Å². The Labute approximate surface area is 157 Å². The second-order valence-electron chi connectivity index (χ2n) is 7.23. The average molecular weight is 394 g/mol. The highest BCUT2D eigenvalue weighted by molar-refractivity contribution is 7.89. The van der Waals surface area contributed by atoms with Gasteiger partial charge >= 0.3 is 0 Å². The highest BCUT2D eigenvalue weighted by atomic mass is 32.2. The van der Waals surface area contributed by atoms with E-state index >= 15 is 0 Å². The normalized spacial score (nSPS) is 18.4. The molecule has 3 heterocycles. The fourth-order valence-electron chi connectivity index (χ4n) is 3.00. The number of likely N-dealkylation sites (N-methyl/N-ethyl adjacent to an activating group) is 1. The van der Waals surface area contributed by atoms with Gasteiger partial charge in [0, 0.05) is 52.3 Å². The van der Waals surface area contributed by atoms with Gasteiger partial charge in [0.25, 0.3) is 10.0 Å². The number of rotatable bonds is 7. The van der Waals surface area contributed by atoms with Crippen molar-refractivity contribution in [3.63, 3.8) is 0 Å². The highest BCUT2D eigenvalue weighted by Crippen LogP contribution is 2.31. The van der Waals surface area contributed by atoms with Gasteiger partial charge in [0.2, 0.25) is 11.8 Å². The van der Waals surface area contributed by atoms with Gasteiger partial charge < -0.3 is 14.0 Å². The van der Waals surface area contributed by atoms with Crippen LogP contribution in [0.1, 0.15) is 30.5 Å². The summed E-state index contributed by atoms with van der Waals surface area (Å²) in [5, 5.41) is 3.99. The maximum atomic E-state index is 12.5. The minimum absolute atomic E-state index is 0.0398. The van der Waals surface area contributed by atoms with Gasteiger partial charge in [-0.2, -0.15) is 9.29 Å². The molecule has 0 unspecified atom stereocenters. The van der Waals surface area contributed by atoms with Crippen LogP contribution in [-0.4, -0.2) is 69.9 Å². The van der Waals surface area contributed by atoms with E-state index < -0.39 is 10.0 Å². The molecule has 11 heteroatoms. The molecule has 0 bridgehead atoms. The molecule has 27 heavy (non-hydrogen) atoms. The van der Waals surface area contributed by atoms with E-state index in [-0.39, 0.29) is 22.8 Å². The van der Waals surface area contributed by atoms with Crippen molar-refractivity contribution in [3.8, 4) is 0 Å². The minimum Gasteiger partial charge on any atom is -0.345 e. The zero-order valence-corrected chi connectivity index (χ0v) is 16.1. The molecule has 1 aliphatic heterocycles.